The zero-order valence-corrected chi connectivity index (χ0v) is 14.3. The van der Waals surface area contributed by atoms with Gasteiger partial charge < -0.3 is 19.9 Å². The second-order valence-corrected chi connectivity index (χ2v) is 5.62. The zero-order valence-electron chi connectivity index (χ0n) is 13.5. The Labute approximate surface area is 149 Å². The summed E-state index contributed by atoms with van der Waals surface area (Å²) in [5.41, 5.74) is 1.41. The van der Waals surface area contributed by atoms with E-state index in [0.29, 0.717) is 33.7 Å². The molecule has 1 aromatic carbocycles. The molecule has 0 aliphatic heterocycles. The van der Waals surface area contributed by atoms with Crippen LogP contribution < -0.4 is 15.4 Å². The first-order chi connectivity index (χ1) is 12.0. The lowest BCUT2D eigenvalue weighted by atomic mass is 10.2. The van der Waals surface area contributed by atoms with Crippen molar-refractivity contribution in [3.63, 3.8) is 0 Å². The molecule has 0 radical (unpaired) electrons. The van der Waals surface area contributed by atoms with Crippen LogP contribution in [0.2, 0.25) is 5.02 Å². The van der Waals surface area contributed by atoms with Crippen LogP contribution in [0.1, 0.15) is 16.2 Å². The fraction of sp³-hybridized carbons (Fsp3) is 0.118. The molecule has 0 saturated carbocycles. The largest absolute Gasteiger partial charge is 0.495 e. The number of aryl methyl sites for hydroxylation is 1. The average Bonchev–Trinajstić information content (AvgIpc) is 3.00. The molecular weight excluding hydrogens is 344 g/mol. The van der Waals surface area contributed by atoms with E-state index in [1.165, 1.54) is 13.3 Å². The molecule has 0 saturated heterocycles. The number of amides is 1. The third-order valence-corrected chi connectivity index (χ3v) is 3.54. The number of nitrogens with one attached hydrogen (secondary N) is 2. The van der Waals surface area contributed by atoms with Crippen LogP contribution in [0.3, 0.4) is 0 Å². The van der Waals surface area contributed by atoms with Crippen LogP contribution in [0.5, 0.6) is 5.75 Å². The van der Waals surface area contributed by atoms with E-state index in [2.05, 4.69) is 20.8 Å². The Kier molecular flexibility index (Phi) is 4.85. The van der Waals surface area contributed by atoms with Crippen LogP contribution in [0.25, 0.3) is 0 Å². The van der Waals surface area contributed by atoms with Crippen LogP contribution in [-0.4, -0.2) is 23.2 Å². The summed E-state index contributed by atoms with van der Waals surface area (Å²) in [6.07, 6.45) is 1.54. The summed E-state index contributed by atoms with van der Waals surface area (Å²) < 4.78 is 10.2. The van der Waals surface area contributed by atoms with E-state index < -0.39 is 0 Å². The van der Waals surface area contributed by atoms with Gasteiger partial charge in [0.05, 0.1) is 24.7 Å². The SMILES string of the molecule is COc1ccc(Cl)cc1NC(=O)c1ccc(Nc2cc(C)on2)cn1. The average molecular weight is 359 g/mol. The maximum atomic E-state index is 12.3. The van der Waals surface area contributed by atoms with Gasteiger partial charge in [-0.1, -0.05) is 16.8 Å². The molecule has 1 amide bonds. The normalized spacial score (nSPS) is 10.4. The molecule has 0 aliphatic rings. The Morgan fingerprint density at radius 2 is 2.08 bits per heavy atom. The predicted octanol–water partition coefficient (Wildman–Crippen LogP) is 4.04. The monoisotopic (exact) mass is 358 g/mol. The molecule has 2 N–H and O–H groups in total. The van der Waals surface area contributed by atoms with Crippen molar-refractivity contribution < 1.29 is 14.1 Å². The highest BCUT2D eigenvalue weighted by Gasteiger charge is 2.12. The van der Waals surface area contributed by atoms with Gasteiger partial charge >= 0.3 is 0 Å². The van der Waals surface area contributed by atoms with Gasteiger partial charge in [0, 0.05) is 11.1 Å². The summed E-state index contributed by atoms with van der Waals surface area (Å²) >= 11 is 5.96. The minimum atomic E-state index is -0.371. The number of methoxy groups -OCH3 is 1. The van der Waals surface area contributed by atoms with Gasteiger partial charge in [-0.25, -0.2) is 4.98 Å². The van der Waals surface area contributed by atoms with Crippen molar-refractivity contribution >= 4 is 34.7 Å². The molecule has 0 unspecified atom stereocenters. The van der Waals surface area contributed by atoms with E-state index in [9.17, 15) is 4.79 Å². The summed E-state index contributed by atoms with van der Waals surface area (Å²) in [7, 11) is 1.52. The molecule has 128 valence electrons. The Balaban J connectivity index is 1.71. The summed E-state index contributed by atoms with van der Waals surface area (Å²) in [4.78, 5) is 16.5. The van der Waals surface area contributed by atoms with E-state index in [4.69, 9.17) is 20.9 Å². The highest BCUT2D eigenvalue weighted by Crippen LogP contribution is 2.28. The van der Waals surface area contributed by atoms with Crippen molar-refractivity contribution in [1.82, 2.24) is 10.1 Å². The van der Waals surface area contributed by atoms with E-state index in [1.54, 1.807) is 43.3 Å². The molecule has 0 fully saturated rings. The van der Waals surface area contributed by atoms with Gasteiger partial charge in [-0.3, -0.25) is 4.79 Å². The molecule has 7 nitrogen and oxygen atoms in total. The standard InChI is InChI=1S/C17H15ClN4O3/c1-10-7-16(22-25-10)20-12-4-5-13(19-9-12)17(23)21-14-8-11(18)3-6-15(14)24-2/h3-9H,1-2H3,(H,20,22)(H,21,23). The number of anilines is 3. The first kappa shape index (κ1) is 16.8. The highest BCUT2D eigenvalue weighted by molar-refractivity contribution is 6.31. The lowest BCUT2D eigenvalue weighted by molar-refractivity contribution is 0.102. The molecule has 2 aromatic heterocycles. The number of nitrogens with zero attached hydrogens (tertiary/aromatic N) is 2. The maximum Gasteiger partial charge on any atom is 0.274 e. The zero-order chi connectivity index (χ0) is 17.8. The van der Waals surface area contributed by atoms with Crippen LogP contribution in [-0.2, 0) is 0 Å². The van der Waals surface area contributed by atoms with Gasteiger partial charge in [-0.05, 0) is 37.3 Å². The summed E-state index contributed by atoms with van der Waals surface area (Å²) in [6, 6.07) is 10.1. The van der Waals surface area contributed by atoms with Crippen LogP contribution in [0.15, 0.2) is 47.1 Å². The van der Waals surface area contributed by atoms with E-state index in [-0.39, 0.29) is 11.6 Å². The predicted molar refractivity (Wildman–Crippen MR) is 94.7 cm³/mol. The fourth-order valence-electron chi connectivity index (χ4n) is 2.14. The molecule has 3 rings (SSSR count). The number of rotatable bonds is 5. The number of aromatic nitrogens is 2. The molecule has 2 heterocycles. The third kappa shape index (κ3) is 4.07. The molecule has 3 aromatic rings. The van der Waals surface area contributed by atoms with Crippen LogP contribution >= 0.6 is 11.6 Å². The van der Waals surface area contributed by atoms with Crippen molar-refractivity contribution in [3.8, 4) is 5.75 Å². The minimum Gasteiger partial charge on any atom is -0.495 e. The number of carbonyl (C=O) groups is 1. The van der Waals surface area contributed by atoms with E-state index >= 15 is 0 Å². The Morgan fingerprint density at radius 3 is 2.72 bits per heavy atom. The maximum absolute atomic E-state index is 12.3. The summed E-state index contributed by atoms with van der Waals surface area (Å²) in [6.45, 7) is 1.80. The number of hydrogen-bond acceptors (Lipinski definition) is 6. The first-order valence-corrected chi connectivity index (χ1v) is 7.74. The van der Waals surface area contributed by atoms with Crippen molar-refractivity contribution in [3.05, 3.63) is 59.1 Å². The summed E-state index contributed by atoms with van der Waals surface area (Å²) in [5.74, 6) is 1.41. The van der Waals surface area contributed by atoms with Crippen molar-refractivity contribution in [2.24, 2.45) is 0 Å². The van der Waals surface area contributed by atoms with Crippen molar-refractivity contribution in [1.29, 1.82) is 0 Å². The van der Waals surface area contributed by atoms with Crippen molar-refractivity contribution in [2.45, 2.75) is 6.92 Å². The number of benzene rings is 1. The molecular formula is C17H15ClN4O3. The number of halogens is 1. The molecule has 8 heteroatoms. The van der Waals surface area contributed by atoms with Gasteiger partial charge in [-0.2, -0.15) is 0 Å². The molecule has 0 bridgehead atoms. The Bertz CT molecular complexity index is 893. The smallest absolute Gasteiger partial charge is 0.274 e. The van der Waals surface area contributed by atoms with Gasteiger partial charge in [-0.15, -0.1) is 0 Å². The molecule has 0 aliphatic carbocycles. The second-order valence-electron chi connectivity index (χ2n) is 5.18. The molecule has 0 spiro atoms. The highest BCUT2D eigenvalue weighted by atomic mass is 35.5. The number of pyridine rings is 1. The third-order valence-electron chi connectivity index (χ3n) is 3.31. The summed E-state index contributed by atoms with van der Waals surface area (Å²) in [5, 5.41) is 10.1. The van der Waals surface area contributed by atoms with Crippen LogP contribution in [0, 0.1) is 6.92 Å². The molecule has 25 heavy (non-hydrogen) atoms. The minimum absolute atomic E-state index is 0.254. The lowest BCUT2D eigenvalue weighted by Crippen LogP contribution is -2.14. The van der Waals surface area contributed by atoms with E-state index in [1.807, 2.05) is 0 Å². The van der Waals surface area contributed by atoms with Gasteiger partial charge in [0.1, 0.15) is 17.2 Å². The number of ether oxygens (including phenoxy) is 1. The fourth-order valence-corrected chi connectivity index (χ4v) is 2.31. The van der Waals surface area contributed by atoms with Gasteiger partial charge in [0.15, 0.2) is 5.82 Å². The van der Waals surface area contributed by atoms with E-state index in [0.717, 1.165) is 0 Å². The lowest BCUT2D eigenvalue weighted by Gasteiger charge is -2.10. The molecule has 0 atom stereocenters. The quantitative estimate of drug-likeness (QED) is 0.715. The Morgan fingerprint density at radius 1 is 1.24 bits per heavy atom. The van der Waals surface area contributed by atoms with Gasteiger partial charge in [0.25, 0.3) is 5.91 Å². The Hall–Kier alpha value is -3.06. The van der Waals surface area contributed by atoms with Crippen molar-refractivity contribution in [2.75, 3.05) is 17.7 Å². The second kappa shape index (κ2) is 7.23. The number of carbonyl (C=O) groups excluding carboxylic acids is 1. The first-order valence-electron chi connectivity index (χ1n) is 7.36. The number of hydrogen-bond donors (Lipinski definition) is 2. The van der Waals surface area contributed by atoms with Gasteiger partial charge in [0.2, 0.25) is 0 Å². The topological polar surface area (TPSA) is 89.3 Å². The van der Waals surface area contributed by atoms with Crippen LogP contribution in [0.4, 0.5) is 17.2 Å².